The monoisotopic (exact) mass is 396 g/mol. The molecule has 0 aliphatic carbocycles. The van der Waals surface area contributed by atoms with Crippen LogP contribution in [0.4, 0.5) is 10.7 Å². The first-order chi connectivity index (χ1) is 14.2. The molecular weight excluding hydrogens is 368 g/mol. The van der Waals surface area contributed by atoms with E-state index in [1.807, 2.05) is 35.2 Å². The zero-order chi connectivity index (χ0) is 20.3. The van der Waals surface area contributed by atoms with Crippen molar-refractivity contribution in [1.29, 1.82) is 0 Å². The van der Waals surface area contributed by atoms with Gasteiger partial charge < -0.3 is 20.9 Å². The van der Waals surface area contributed by atoms with E-state index in [-0.39, 0.29) is 18.0 Å². The Labute approximate surface area is 171 Å². The first-order valence-corrected chi connectivity index (χ1v) is 10.1. The number of likely N-dealkylation sites (tertiary alicyclic amines) is 1. The van der Waals surface area contributed by atoms with Crippen LogP contribution in [0.1, 0.15) is 37.3 Å². The van der Waals surface area contributed by atoms with Gasteiger partial charge in [0.25, 0.3) is 0 Å². The molecule has 1 saturated heterocycles. The van der Waals surface area contributed by atoms with Gasteiger partial charge in [0.05, 0.1) is 6.04 Å². The van der Waals surface area contributed by atoms with Gasteiger partial charge in [0.1, 0.15) is 0 Å². The van der Waals surface area contributed by atoms with Gasteiger partial charge in [-0.05, 0) is 24.5 Å². The summed E-state index contributed by atoms with van der Waals surface area (Å²) >= 11 is 0. The van der Waals surface area contributed by atoms with Gasteiger partial charge >= 0.3 is 6.03 Å². The first-order valence-electron chi connectivity index (χ1n) is 10.1. The summed E-state index contributed by atoms with van der Waals surface area (Å²) in [4.78, 5) is 34.9. The lowest BCUT2D eigenvalue weighted by Gasteiger charge is -2.27. The SMILES string of the molecule is O=C(NCCNc1ncccn1)N[C@H](CN1CCCCCC1=O)c1ccccc1. The molecule has 1 aromatic heterocycles. The van der Waals surface area contributed by atoms with E-state index in [1.165, 1.54) is 0 Å². The molecule has 1 aromatic carbocycles. The summed E-state index contributed by atoms with van der Waals surface area (Å²) in [5.41, 5.74) is 0.982. The summed E-state index contributed by atoms with van der Waals surface area (Å²) in [6, 6.07) is 11.0. The third-order valence-electron chi connectivity index (χ3n) is 4.84. The Kier molecular flexibility index (Phi) is 7.80. The van der Waals surface area contributed by atoms with E-state index in [0.29, 0.717) is 32.0 Å². The quantitative estimate of drug-likeness (QED) is 0.595. The largest absolute Gasteiger partial charge is 0.352 e. The minimum absolute atomic E-state index is 0.165. The maximum atomic E-state index is 12.4. The summed E-state index contributed by atoms with van der Waals surface area (Å²) in [6.07, 6.45) is 6.92. The van der Waals surface area contributed by atoms with E-state index in [9.17, 15) is 9.59 Å². The van der Waals surface area contributed by atoms with Crippen LogP contribution in [0.25, 0.3) is 0 Å². The predicted molar refractivity (Wildman–Crippen MR) is 111 cm³/mol. The van der Waals surface area contributed by atoms with Crippen LogP contribution in [0.15, 0.2) is 48.8 Å². The molecule has 0 bridgehead atoms. The van der Waals surface area contributed by atoms with Crippen LogP contribution < -0.4 is 16.0 Å². The van der Waals surface area contributed by atoms with Crippen LogP contribution in [-0.2, 0) is 4.79 Å². The minimum Gasteiger partial charge on any atom is -0.352 e. The van der Waals surface area contributed by atoms with E-state index in [0.717, 1.165) is 31.4 Å². The molecule has 2 aromatic rings. The minimum atomic E-state index is -0.267. The molecule has 3 amide bonds. The molecule has 154 valence electrons. The van der Waals surface area contributed by atoms with Crippen molar-refractivity contribution < 1.29 is 9.59 Å². The molecule has 0 spiro atoms. The number of hydrogen-bond acceptors (Lipinski definition) is 5. The second-order valence-electron chi connectivity index (χ2n) is 7.01. The topological polar surface area (TPSA) is 99.2 Å². The number of amides is 3. The molecular formula is C21H28N6O2. The van der Waals surface area contributed by atoms with E-state index in [1.54, 1.807) is 18.5 Å². The van der Waals surface area contributed by atoms with Gasteiger partial charge in [-0.1, -0.05) is 36.8 Å². The second-order valence-corrected chi connectivity index (χ2v) is 7.01. The number of urea groups is 1. The van der Waals surface area contributed by atoms with Crippen molar-refractivity contribution in [3.63, 3.8) is 0 Å². The molecule has 1 aliphatic heterocycles. The molecule has 1 aliphatic rings. The lowest BCUT2D eigenvalue weighted by molar-refractivity contribution is -0.131. The van der Waals surface area contributed by atoms with E-state index in [4.69, 9.17) is 0 Å². The standard InChI is InChI=1S/C21H28N6O2/c28-19-10-5-2-6-15-27(19)16-18(17-8-3-1-4-9-17)26-21(29)25-14-13-24-20-22-11-7-12-23-20/h1,3-4,7-9,11-12,18H,2,5-6,10,13-16H2,(H,22,23,24)(H2,25,26,29)/t18-/m1/s1. The second kappa shape index (κ2) is 11.0. The highest BCUT2D eigenvalue weighted by Gasteiger charge is 2.23. The Hall–Kier alpha value is -3.16. The van der Waals surface area contributed by atoms with Crippen molar-refractivity contribution >= 4 is 17.9 Å². The molecule has 2 heterocycles. The normalized spacial score (nSPS) is 15.3. The molecule has 0 radical (unpaired) electrons. The number of rotatable bonds is 8. The predicted octanol–water partition coefficient (Wildman–Crippen LogP) is 2.33. The van der Waals surface area contributed by atoms with Crippen LogP contribution in [0.3, 0.4) is 0 Å². The number of aromatic nitrogens is 2. The lowest BCUT2D eigenvalue weighted by atomic mass is 10.1. The van der Waals surface area contributed by atoms with Gasteiger partial charge in [-0.25, -0.2) is 14.8 Å². The Morgan fingerprint density at radius 2 is 1.83 bits per heavy atom. The zero-order valence-corrected chi connectivity index (χ0v) is 16.5. The Balaban J connectivity index is 1.53. The van der Waals surface area contributed by atoms with Crippen LogP contribution in [0.2, 0.25) is 0 Å². The van der Waals surface area contributed by atoms with Gasteiger partial charge in [0.15, 0.2) is 0 Å². The molecule has 0 unspecified atom stereocenters. The van der Waals surface area contributed by atoms with E-state index in [2.05, 4.69) is 25.9 Å². The fourth-order valence-electron chi connectivity index (χ4n) is 3.32. The van der Waals surface area contributed by atoms with Gasteiger partial charge in [0.2, 0.25) is 11.9 Å². The summed E-state index contributed by atoms with van der Waals surface area (Å²) in [7, 11) is 0. The maximum Gasteiger partial charge on any atom is 0.315 e. The van der Waals surface area contributed by atoms with Gasteiger partial charge in [-0.15, -0.1) is 0 Å². The number of nitrogens with zero attached hydrogens (tertiary/aromatic N) is 3. The van der Waals surface area contributed by atoms with Gasteiger partial charge in [0, 0.05) is 45.0 Å². The number of hydrogen-bond donors (Lipinski definition) is 3. The third-order valence-corrected chi connectivity index (χ3v) is 4.84. The molecule has 29 heavy (non-hydrogen) atoms. The number of nitrogens with one attached hydrogen (secondary N) is 3. The molecule has 3 N–H and O–H groups in total. The number of carbonyl (C=O) groups is 2. The average molecular weight is 396 g/mol. The molecule has 8 heteroatoms. The van der Waals surface area contributed by atoms with Crippen LogP contribution >= 0.6 is 0 Å². The Bertz CT molecular complexity index is 771. The number of anilines is 1. The number of carbonyl (C=O) groups excluding carboxylic acids is 2. The summed E-state index contributed by atoms with van der Waals surface area (Å²) in [6.45, 7) is 2.16. The molecule has 0 saturated carbocycles. The van der Waals surface area contributed by atoms with Crippen molar-refractivity contribution in [3.05, 3.63) is 54.4 Å². The zero-order valence-electron chi connectivity index (χ0n) is 16.5. The summed E-state index contributed by atoms with van der Waals surface area (Å²) in [5.74, 6) is 0.689. The van der Waals surface area contributed by atoms with Crippen LogP contribution in [-0.4, -0.2) is 53.0 Å². The van der Waals surface area contributed by atoms with Crippen LogP contribution in [0, 0.1) is 0 Å². The van der Waals surface area contributed by atoms with Crippen molar-refractivity contribution in [2.45, 2.75) is 31.7 Å². The highest BCUT2D eigenvalue weighted by molar-refractivity contribution is 5.77. The fourth-order valence-corrected chi connectivity index (χ4v) is 3.32. The van der Waals surface area contributed by atoms with Crippen molar-refractivity contribution in [3.8, 4) is 0 Å². The molecule has 8 nitrogen and oxygen atoms in total. The van der Waals surface area contributed by atoms with Crippen molar-refractivity contribution in [1.82, 2.24) is 25.5 Å². The highest BCUT2D eigenvalue weighted by Crippen LogP contribution is 2.18. The van der Waals surface area contributed by atoms with E-state index >= 15 is 0 Å². The lowest BCUT2D eigenvalue weighted by Crippen LogP contribution is -2.45. The molecule has 1 fully saturated rings. The molecule has 1 atom stereocenters. The first kappa shape index (κ1) is 20.6. The third kappa shape index (κ3) is 6.74. The Morgan fingerprint density at radius 3 is 2.62 bits per heavy atom. The fraction of sp³-hybridized carbons (Fsp3) is 0.429. The summed E-state index contributed by atoms with van der Waals surface area (Å²) < 4.78 is 0. The van der Waals surface area contributed by atoms with E-state index < -0.39 is 0 Å². The summed E-state index contributed by atoms with van der Waals surface area (Å²) in [5, 5.41) is 8.91. The number of benzene rings is 1. The van der Waals surface area contributed by atoms with Crippen molar-refractivity contribution in [2.24, 2.45) is 0 Å². The smallest absolute Gasteiger partial charge is 0.315 e. The van der Waals surface area contributed by atoms with Gasteiger partial charge in [-0.2, -0.15) is 0 Å². The van der Waals surface area contributed by atoms with Crippen molar-refractivity contribution in [2.75, 3.05) is 31.5 Å². The van der Waals surface area contributed by atoms with Gasteiger partial charge in [-0.3, -0.25) is 4.79 Å². The van der Waals surface area contributed by atoms with Crippen LogP contribution in [0.5, 0.6) is 0 Å². The molecule has 3 rings (SSSR count). The average Bonchev–Trinajstić information content (AvgIpc) is 2.96. The maximum absolute atomic E-state index is 12.4. The highest BCUT2D eigenvalue weighted by atomic mass is 16.2. The Morgan fingerprint density at radius 1 is 1.03 bits per heavy atom.